The number of hydrogen-bond donors (Lipinski definition) is 0. The van der Waals surface area contributed by atoms with E-state index in [9.17, 15) is 4.79 Å². The molecule has 33 heavy (non-hydrogen) atoms. The Balaban J connectivity index is 1.45. The first-order valence-corrected chi connectivity index (χ1v) is 11.5. The van der Waals surface area contributed by atoms with Crippen LogP contribution in [0, 0.1) is 12.8 Å². The minimum atomic E-state index is -0.0496. The average molecular weight is 449 g/mol. The number of carbonyl (C=O) groups excluding carboxylic acids is 1. The molecule has 1 aliphatic rings. The van der Waals surface area contributed by atoms with E-state index < -0.39 is 0 Å². The number of benzene rings is 2. The third-order valence-electron chi connectivity index (χ3n) is 6.20. The van der Waals surface area contributed by atoms with E-state index in [1.807, 2.05) is 43.0 Å². The third kappa shape index (κ3) is 5.35. The monoisotopic (exact) mass is 448 g/mol. The second-order valence-electron chi connectivity index (χ2n) is 8.92. The summed E-state index contributed by atoms with van der Waals surface area (Å²) in [6.07, 6.45) is 1.89. The van der Waals surface area contributed by atoms with Gasteiger partial charge < -0.3 is 19.1 Å². The van der Waals surface area contributed by atoms with Gasteiger partial charge in [-0.2, -0.15) is 4.98 Å². The van der Waals surface area contributed by atoms with E-state index in [-0.39, 0.29) is 17.9 Å². The average Bonchev–Trinajstić information content (AvgIpc) is 3.31. The molecule has 2 heterocycles. The van der Waals surface area contributed by atoms with Crippen molar-refractivity contribution in [2.75, 3.05) is 25.1 Å². The predicted molar refractivity (Wildman–Crippen MR) is 128 cm³/mol. The highest BCUT2D eigenvalue weighted by Crippen LogP contribution is 2.26. The topological polar surface area (TPSA) is 71.7 Å². The molecule has 1 aromatic heterocycles. The molecule has 0 spiro atoms. The minimum absolute atomic E-state index is 0.0311. The number of hydrogen-bond acceptors (Lipinski definition) is 6. The van der Waals surface area contributed by atoms with Crippen molar-refractivity contribution in [2.45, 2.75) is 46.2 Å². The predicted octanol–water partition coefficient (Wildman–Crippen LogP) is 4.71. The number of anilines is 1. The van der Waals surface area contributed by atoms with Crippen molar-refractivity contribution in [3.05, 3.63) is 60.0 Å². The zero-order valence-corrected chi connectivity index (χ0v) is 19.8. The van der Waals surface area contributed by atoms with Gasteiger partial charge in [-0.3, -0.25) is 4.79 Å². The molecule has 1 saturated heterocycles. The van der Waals surface area contributed by atoms with Crippen LogP contribution in [0.15, 0.2) is 53.1 Å². The number of aromatic nitrogens is 2. The molecule has 0 unspecified atom stereocenters. The highest BCUT2D eigenvalue weighted by molar-refractivity contribution is 5.80. The zero-order valence-electron chi connectivity index (χ0n) is 19.8. The second kappa shape index (κ2) is 10.1. The van der Waals surface area contributed by atoms with Crippen molar-refractivity contribution < 1.29 is 14.1 Å². The highest BCUT2D eigenvalue weighted by Gasteiger charge is 2.31. The van der Waals surface area contributed by atoms with E-state index in [0.717, 1.165) is 37.2 Å². The molecule has 1 atom stereocenters. The van der Waals surface area contributed by atoms with Gasteiger partial charge in [0.15, 0.2) is 0 Å². The summed E-state index contributed by atoms with van der Waals surface area (Å²) < 4.78 is 10.7. The van der Waals surface area contributed by atoms with Crippen molar-refractivity contribution in [3.63, 3.8) is 0 Å². The van der Waals surface area contributed by atoms with Gasteiger partial charge in [0.05, 0.1) is 13.0 Å². The Morgan fingerprint density at radius 2 is 1.91 bits per heavy atom. The number of piperidine rings is 1. The van der Waals surface area contributed by atoms with E-state index in [0.29, 0.717) is 18.3 Å². The number of amides is 1. The van der Waals surface area contributed by atoms with E-state index in [1.165, 1.54) is 11.3 Å². The van der Waals surface area contributed by atoms with Crippen LogP contribution >= 0.6 is 0 Å². The van der Waals surface area contributed by atoms with Crippen molar-refractivity contribution in [3.8, 4) is 17.1 Å². The van der Waals surface area contributed by atoms with Gasteiger partial charge in [-0.1, -0.05) is 22.9 Å². The fraction of sp³-hybridized carbons (Fsp3) is 0.423. The van der Waals surface area contributed by atoms with Gasteiger partial charge in [-0.15, -0.1) is 0 Å². The number of rotatable bonds is 7. The summed E-state index contributed by atoms with van der Waals surface area (Å²) in [6, 6.07) is 16.1. The molecule has 4 rings (SSSR count). The molecule has 0 radical (unpaired) electrons. The molecule has 0 aliphatic carbocycles. The van der Waals surface area contributed by atoms with Crippen LogP contribution in [-0.2, 0) is 11.3 Å². The molecule has 0 N–H and O–H groups in total. The van der Waals surface area contributed by atoms with Crippen molar-refractivity contribution in [2.24, 2.45) is 5.92 Å². The molecule has 1 aliphatic heterocycles. The first-order valence-electron chi connectivity index (χ1n) is 11.5. The van der Waals surface area contributed by atoms with Crippen LogP contribution in [0.2, 0.25) is 0 Å². The lowest BCUT2D eigenvalue weighted by Crippen LogP contribution is -2.47. The van der Waals surface area contributed by atoms with Crippen molar-refractivity contribution >= 4 is 11.6 Å². The highest BCUT2D eigenvalue weighted by atomic mass is 16.5. The summed E-state index contributed by atoms with van der Waals surface area (Å²) in [4.78, 5) is 22.2. The SMILES string of the molecule is COc1ccc(-c2noc(CN(C(=O)[C@@H]3CCCN(c4ccc(C)cc4)C3)C(C)C)n2)cc1. The number of carbonyl (C=O) groups is 1. The van der Waals surface area contributed by atoms with Gasteiger partial charge >= 0.3 is 0 Å². The zero-order chi connectivity index (χ0) is 23.4. The Labute approximate surface area is 195 Å². The van der Waals surface area contributed by atoms with Gasteiger partial charge in [-0.25, -0.2) is 0 Å². The van der Waals surface area contributed by atoms with Crippen molar-refractivity contribution in [1.82, 2.24) is 15.0 Å². The summed E-state index contributed by atoms with van der Waals surface area (Å²) >= 11 is 0. The van der Waals surface area contributed by atoms with Gasteiger partial charge in [0.1, 0.15) is 12.3 Å². The Hall–Kier alpha value is -3.35. The van der Waals surface area contributed by atoms with Crippen LogP contribution in [0.1, 0.15) is 38.1 Å². The molecule has 1 fully saturated rings. The Morgan fingerprint density at radius 1 is 1.18 bits per heavy atom. The molecule has 3 aromatic rings. The summed E-state index contributed by atoms with van der Waals surface area (Å²) in [5, 5.41) is 4.11. The van der Waals surface area contributed by atoms with Crippen LogP contribution in [-0.4, -0.2) is 47.2 Å². The largest absolute Gasteiger partial charge is 0.497 e. The van der Waals surface area contributed by atoms with Gasteiger partial charge in [0.25, 0.3) is 0 Å². The van der Waals surface area contributed by atoms with Gasteiger partial charge in [-0.05, 0) is 70.0 Å². The van der Waals surface area contributed by atoms with Crippen LogP contribution < -0.4 is 9.64 Å². The summed E-state index contributed by atoms with van der Waals surface area (Å²) in [5.74, 6) is 1.81. The van der Waals surface area contributed by atoms with Crippen LogP contribution in [0.3, 0.4) is 0 Å². The van der Waals surface area contributed by atoms with E-state index in [4.69, 9.17) is 9.26 Å². The lowest BCUT2D eigenvalue weighted by Gasteiger charge is -2.37. The maximum Gasteiger partial charge on any atom is 0.246 e. The molecule has 7 nitrogen and oxygen atoms in total. The first kappa shape index (κ1) is 22.8. The first-order chi connectivity index (χ1) is 15.9. The Morgan fingerprint density at radius 3 is 2.58 bits per heavy atom. The Bertz CT molecular complexity index is 1060. The number of ether oxygens (including phenoxy) is 1. The van der Waals surface area contributed by atoms with Crippen molar-refractivity contribution in [1.29, 1.82) is 0 Å². The quantitative estimate of drug-likeness (QED) is 0.521. The summed E-state index contributed by atoms with van der Waals surface area (Å²) in [5.41, 5.74) is 3.26. The molecule has 0 bridgehead atoms. The van der Waals surface area contributed by atoms with Gasteiger partial charge in [0.2, 0.25) is 17.6 Å². The molecule has 1 amide bonds. The molecule has 0 saturated carbocycles. The van der Waals surface area contributed by atoms with Gasteiger partial charge in [0, 0.05) is 30.4 Å². The van der Waals surface area contributed by atoms with Crippen LogP contribution in [0.25, 0.3) is 11.4 Å². The molecular formula is C26H32N4O3. The smallest absolute Gasteiger partial charge is 0.246 e. The molecule has 7 heteroatoms. The van der Waals surface area contributed by atoms with E-state index >= 15 is 0 Å². The maximum atomic E-state index is 13.5. The molecule has 2 aromatic carbocycles. The fourth-order valence-electron chi connectivity index (χ4n) is 4.24. The normalized spacial score (nSPS) is 16.2. The minimum Gasteiger partial charge on any atom is -0.497 e. The lowest BCUT2D eigenvalue weighted by atomic mass is 9.95. The number of nitrogens with zero attached hydrogens (tertiary/aromatic N) is 4. The van der Waals surface area contributed by atoms with E-state index in [1.54, 1.807) is 7.11 Å². The maximum absolute atomic E-state index is 13.5. The number of methoxy groups -OCH3 is 1. The molecule has 174 valence electrons. The van der Waals surface area contributed by atoms with Crippen LogP contribution in [0.4, 0.5) is 5.69 Å². The Kier molecular flexibility index (Phi) is 6.96. The number of aryl methyl sites for hydroxylation is 1. The third-order valence-corrected chi connectivity index (χ3v) is 6.20. The van der Waals surface area contributed by atoms with Crippen LogP contribution in [0.5, 0.6) is 5.75 Å². The van der Waals surface area contributed by atoms with E-state index in [2.05, 4.69) is 46.2 Å². The fourth-order valence-corrected chi connectivity index (χ4v) is 4.24. The summed E-state index contributed by atoms with van der Waals surface area (Å²) in [7, 11) is 1.63. The molecular weight excluding hydrogens is 416 g/mol. The standard InChI is InChI=1S/C26H32N4O3/c1-18(2)30(17-24-27-25(28-33-24)20-9-13-23(32-4)14-10-20)26(31)21-6-5-15-29(16-21)22-11-7-19(3)8-12-22/h7-14,18,21H,5-6,15-17H2,1-4H3/t21-/m1/s1. The second-order valence-corrected chi connectivity index (χ2v) is 8.92. The summed E-state index contributed by atoms with van der Waals surface area (Å²) in [6.45, 7) is 8.15. The lowest BCUT2D eigenvalue weighted by molar-refractivity contribution is -0.138.